The molecule has 1 N–H and O–H groups in total. The van der Waals surface area contributed by atoms with E-state index in [2.05, 4.69) is 20.4 Å². The van der Waals surface area contributed by atoms with E-state index >= 15 is 0 Å². The Kier molecular flexibility index (Phi) is 6.11. The topological polar surface area (TPSA) is 67.3 Å². The fraction of sp³-hybridized carbons (Fsp3) is 0.292. The van der Waals surface area contributed by atoms with Gasteiger partial charge in [-0.2, -0.15) is 0 Å². The van der Waals surface area contributed by atoms with E-state index in [1.165, 1.54) is 12.1 Å². The first-order chi connectivity index (χ1) is 15.0. The lowest BCUT2D eigenvalue weighted by atomic mass is 9.95. The van der Waals surface area contributed by atoms with Crippen LogP contribution in [0.1, 0.15) is 18.4 Å². The number of hydrogen-bond acceptors (Lipinski definition) is 5. The first kappa shape index (κ1) is 20.8. The molecule has 1 aliphatic heterocycles. The van der Waals surface area contributed by atoms with Gasteiger partial charge in [0.1, 0.15) is 11.6 Å². The van der Waals surface area contributed by atoms with Gasteiger partial charge in [0.25, 0.3) is 0 Å². The summed E-state index contributed by atoms with van der Waals surface area (Å²) in [5.74, 6) is 1.12. The molecule has 1 aliphatic rings. The average molecular weight is 420 g/mol. The maximum absolute atomic E-state index is 13.1. The molecule has 1 saturated heterocycles. The van der Waals surface area contributed by atoms with Crippen LogP contribution < -0.4 is 15.0 Å². The highest BCUT2D eigenvalue weighted by Crippen LogP contribution is 2.28. The lowest BCUT2D eigenvalue weighted by Gasteiger charge is -2.32. The molecule has 0 saturated carbocycles. The Labute approximate surface area is 181 Å². The number of nitrogens with zero attached hydrogens (tertiary/aromatic N) is 3. The summed E-state index contributed by atoms with van der Waals surface area (Å²) >= 11 is 0. The van der Waals surface area contributed by atoms with Crippen molar-refractivity contribution in [3.05, 3.63) is 66.0 Å². The molecular weight excluding hydrogens is 395 g/mol. The van der Waals surface area contributed by atoms with Crippen molar-refractivity contribution in [1.29, 1.82) is 0 Å². The van der Waals surface area contributed by atoms with Crippen molar-refractivity contribution < 1.29 is 13.9 Å². The van der Waals surface area contributed by atoms with Crippen LogP contribution in [0.15, 0.2) is 54.6 Å². The molecule has 3 aromatic rings. The molecule has 4 rings (SSSR count). The zero-order valence-electron chi connectivity index (χ0n) is 17.6. The largest absolute Gasteiger partial charge is 0.495 e. The fourth-order valence-electron chi connectivity index (χ4n) is 3.79. The molecule has 0 spiro atoms. The minimum Gasteiger partial charge on any atom is -0.495 e. The molecule has 0 unspecified atom stereocenters. The average Bonchev–Trinajstić information content (AvgIpc) is 2.80. The first-order valence-electron chi connectivity index (χ1n) is 10.3. The Hall–Kier alpha value is -3.48. The molecule has 0 aliphatic carbocycles. The van der Waals surface area contributed by atoms with E-state index < -0.39 is 0 Å². The third kappa shape index (κ3) is 4.82. The predicted octanol–water partition coefficient (Wildman–Crippen LogP) is 4.45. The number of aryl methyl sites for hydroxylation is 1. The smallest absolute Gasteiger partial charge is 0.227 e. The number of carbonyl (C=O) groups is 1. The van der Waals surface area contributed by atoms with Crippen LogP contribution in [0.4, 0.5) is 15.9 Å². The Morgan fingerprint density at radius 2 is 1.81 bits per heavy atom. The van der Waals surface area contributed by atoms with E-state index in [0.717, 1.165) is 42.9 Å². The van der Waals surface area contributed by atoms with Crippen molar-refractivity contribution in [3.63, 3.8) is 0 Å². The second-order valence-corrected chi connectivity index (χ2v) is 7.74. The Bertz CT molecular complexity index is 1050. The van der Waals surface area contributed by atoms with E-state index in [0.29, 0.717) is 17.1 Å². The quantitative estimate of drug-likeness (QED) is 0.660. The van der Waals surface area contributed by atoms with E-state index in [1.54, 1.807) is 19.2 Å². The van der Waals surface area contributed by atoms with Gasteiger partial charge >= 0.3 is 0 Å². The lowest BCUT2D eigenvalue weighted by molar-refractivity contribution is -0.120. The van der Waals surface area contributed by atoms with Gasteiger partial charge in [0, 0.05) is 24.6 Å². The van der Waals surface area contributed by atoms with Gasteiger partial charge < -0.3 is 15.0 Å². The molecule has 0 atom stereocenters. The molecule has 0 bridgehead atoms. The van der Waals surface area contributed by atoms with Gasteiger partial charge in [0.2, 0.25) is 5.91 Å². The summed E-state index contributed by atoms with van der Waals surface area (Å²) in [6.07, 6.45) is 1.47. The Balaban J connectivity index is 1.35. The summed E-state index contributed by atoms with van der Waals surface area (Å²) < 4.78 is 18.5. The van der Waals surface area contributed by atoms with E-state index in [4.69, 9.17) is 4.74 Å². The summed E-state index contributed by atoms with van der Waals surface area (Å²) in [5, 5.41) is 11.6. The molecule has 1 fully saturated rings. The number of ether oxygens (including phenoxy) is 1. The molecule has 1 amide bonds. The molecular formula is C24H25FN4O2. The number of halogens is 1. The number of rotatable bonds is 5. The molecule has 0 radical (unpaired) electrons. The Morgan fingerprint density at radius 1 is 1.06 bits per heavy atom. The third-order valence-electron chi connectivity index (χ3n) is 5.59. The van der Waals surface area contributed by atoms with E-state index in [9.17, 15) is 9.18 Å². The SMILES string of the molecule is COc1ccc(C)cc1NC(=O)C1CCN(c2ccc(-c3ccc(F)cc3)nn2)CC1. The number of amides is 1. The number of methoxy groups -OCH3 is 1. The lowest BCUT2D eigenvalue weighted by Crippen LogP contribution is -2.38. The highest BCUT2D eigenvalue weighted by molar-refractivity contribution is 5.94. The van der Waals surface area contributed by atoms with Gasteiger partial charge in [-0.05, 0) is 73.9 Å². The number of carbonyl (C=O) groups excluding carboxylic acids is 1. The number of hydrogen-bond donors (Lipinski definition) is 1. The maximum Gasteiger partial charge on any atom is 0.227 e. The molecule has 7 heteroatoms. The minimum absolute atomic E-state index is 0.0151. The monoisotopic (exact) mass is 420 g/mol. The van der Waals surface area contributed by atoms with Gasteiger partial charge in [-0.15, -0.1) is 10.2 Å². The van der Waals surface area contributed by atoms with Crippen LogP contribution in [0.3, 0.4) is 0 Å². The second kappa shape index (κ2) is 9.12. The summed E-state index contributed by atoms with van der Waals surface area (Å²) in [7, 11) is 1.60. The van der Waals surface area contributed by atoms with Gasteiger partial charge in [0.05, 0.1) is 18.5 Å². The number of benzene rings is 2. The van der Waals surface area contributed by atoms with Crippen molar-refractivity contribution in [2.45, 2.75) is 19.8 Å². The van der Waals surface area contributed by atoms with Crippen molar-refractivity contribution in [3.8, 4) is 17.0 Å². The molecule has 6 nitrogen and oxygen atoms in total. The van der Waals surface area contributed by atoms with Crippen molar-refractivity contribution in [2.75, 3.05) is 30.4 Å². The molecule has 1 aromatic heterocycles. The highest BCUT2D eigenvalue weighted by Gasteiger charge is 2.26. The summed E-state index contributed by atoms with van der Waals surface area (Å²) in [6.45, 7) is 3.44. The van der Waals surface area contributed by atoms with Crippen LogP contribution >= 0.6 is 0 Å². The maximum atomic E-state index is 13.1. The summed E-state index contributed by atoms with van der Waals surface area (Å²) in [6, 6.07) is 15.7. The third-order valence-corrected chi connectivity index (χ3v) is 5.59. The van der Waals surface area contributed by atoms with Crippen molar-refractivity contribution in [1.82, 2.24) is 10.2 Å². The van der Waals surface area contributed by atoms with Gasteiger partial charge in [0.15, 0.2) is 5.82 Å². The number of piperidine rings is 1. The zero-order chi connectivity index (χ0) is 21.8. The normalized spacial score (nSPS) is 14.4. The zero-order valence-corrected chi connectivity index (χ0v) is 17.6. The Morgan fingerprint density at radius 3 is 2.45 bits per heavy atom. The fourth-order valence-corrected chi connectivity index (χ4v) is 3.79. The predicted molar refractivity (Wildman–Crippen MR) is 119 cm³/mol. The number of aromatic nitrogens is 2. The van der Waals surface area contributed by atoms with E-state index in [-0.39, 0.29) is 17.6 Å². The van der Waals surface area contributed by atoms with Gasteiger partial charge in [-0.1, -0.05) is 6.07 Å². The van der Waals surface area contributed by atoms with Crippen LogP contribution in [0, 0.1) is 18.7 Å². The van der Waals surface area contributed by atoms with Crippen LogP contribution in [0.25, 0.3) is 11.3 Å². The van der Waals surface area contributed by atoms with Crippen LogP contribution in [-0.2, 0) is 4.79 Å². The standard InChI is InChI=1S/C24H25FN4O2/c1-16-3-9-22(31-2)21(15-16)26-24(30)18-11-13-29(14-12-18)23-10-8-20(27-28-23)17-4-6-19(25)7-5-17/h3-10,15,18H,11-14H2,1-2H3,(H,26,30). The van der Waals surface area contributed by atoms with Crippen LogP contribution in [0.5, 0.6) is 5.75 Å². The molecule has 160 valence electrons. The minimum atomic E-state index is -0.277. The summed E-state index contributed by atoms with van der Waals surface area (Å²) in [4.78, 5) is 14.9. The molecule has 31 heavy (non-hydrogen) atoms. The highest BCUT2D eigenvalue weighted by atomic mass is 19.1. The second-order valence-electron chi connectivity index (χ2n) is 7.74. The molecule has 2 heterocycles. The summed E-state index contributed by atoms with van der Waals surface area (Å²) in [5.41, 5.74) is 3.29. The molecule has 2 aromatic carbocycles. The van der Waals surface area contributed by atoms with Crippen LogP contribution in [-0.4, -0.2) is 36.3 Å². The van der Waals surface area contributed by atoms with Gasteiger partial charge in [-0.3, -0.25) is 4.79 Å². The first-order valence-corrected chi connectivity index (χ1v) is 10.3. The van der Waals surface area contributed by atoms with Crippen molar-refractivity contribution in [2.24, 2.45) is 5.92 Å². The van der Waals surface area contributed by atoms with Crippen molar-refractivity contribution >= 4 is 17.4 Å². The van der Waals surface area contributed by atoms with Crippen LogP contribution in [0.2, 0.25) is 0 Å². The van der Waals surface area contributed by atoms with E-state index in [1.807, 2.05) is 37.3 Å². The number of anilines is 2. The number of nitrogens with one attached hydrogen (secondary N) is 1. The van der Waals surface area contributed by atoms with Gasteiger partial charge in [-0.25, -0.2) is 4.39 Å².